The van der Waals surface area contributed by atoms with Crippen LogP contribution in [0.5, 0.6) is 0 Å². The van der Waals surface area contributed by atoms with Crippen molar-refractivity contribution in [3.05, 3.63) is 0 Å². The average Bonchev–Trinajstić information content (AvgIpc) is 2.44. The van der Waals surface area contributed by atoms with Gasteiger partial charge in [0.1, 0.15) is 0 Å². The van der Waals surface area contributed by atoms with Crippen molar-refractivity contribution in [2.75, 3.05) is 19.6 Å². The summed E-state index contributed by atoms with van der Waals surface area (Å²) in [6.07, 6.45) is 9.57. The topological polar surface area (TPSA) is 69.6 Å². The Bertz CT molecular complexity index is 351. The van der Waals surface area contributed by atoms with Crippen molar-refractivity contribution in [1.82, 2.24) is 10.2 Å². The molecule has 2 atom stereocenters. The van der Waals surface area contributed by atoms with Gasteiger partial charge in [-0.05, 0) is 31.6 Å². The summed E-state index contributed by atoms with van der Waals surface area (Å²) in [7, 11) is 0. The Morgan fingerprint density at radius 2 is 1.57 bits per heavy atom. The van der Waals surface area contributed by atoms with Crippen LogP contribution < -0.4 is 5.32 Å². The molecule has 21 heavy (non-hydrogen) atoms. The number of aliphatic carboxylic acids is 1. The second kappa shape index (κ2) is 8.25. The second-order valence-corrected chi connectivity index (χ2v) is 6.43. The minimum atomic E-state index is -0.708. The van der Waals surface area contributed by atoms with E-state index in [9.17, 15) is 14.7 Å². The van der Waals surface area contributed by atoms with E-state index < -0.39 is 5.97 Å². The number of carboxylic acid groups (broad SMARTS) is 1. The highest BCUT2D eigenvalue weighted by Crippen LogP contribution is 2.29. The van der Waals surface area contributed by atoms with Crippen LogP contribution in [0.15, 0.2) is 0 Å². The highest BCUT2D eigenvalue weighted by molar-refractivity contribution is 5.74. The predicted molar refractivity (Wildman–Crippen MR) is 81.1 cm³/mol. The minimum Gasteiger partial charge on any atom is -0.481 e. The fraction of sp³-hybridized carbons (Fsp3) is 0.875. The molecule has 2 N–H and O–H groups in total. The Kier molecular flexibility index (Phi) is 6.33. The Hall–Kier alpha value is -1.26. The molecule has 2 amide bonds. The number of nitrogens with zero attached hydrogens (tertiary/aromatic N) is 1. The van der Waals surface area contributed by atoms with Crippen molar-refractivity contribution in [2.45, 2.75) is 57.8 Å². The van der Waals surface area contributed by atoms with E-state index in [2.05, 4.69) is 5.32 Å². The standard InChI is InChI=1S/C16H28N2O3/c19-15(20)14-9-5-4-8-13(14)12-17-16(21)18-10-6-2-1-3-7-11-18/h13-14H,1-12H2,(H,17,21)(H,19,20). The van der Waals surface area contributed by atoms with Crippen molar-refractivity contribution < 1.29 is 14.7 Å². The number of hydrogen-bond donors (Lipinski definition) is 2. The summed E-state index contributed by atoms with van der Waals surface area (Å²) >= 11 is 0. The molecule has 0 aromatic heterocycles. The molecule has 1 saturated carbocycles. The zero-order chi connectivity index (χ0) is 15.1. The van der Waals surface area contributed by atoms with Gasteiger partial charge in [-0.2, -0.15) is 0 Å². The molecule has 120 valence electrons. The molecule has 2 rings (SSSR count). The zero-order valence-corrected chi connectivity index (χ0v) is 12.9. The fourth-order valence-electron chi connectivity index (χ4n) is 3.56. The molecule has 0 spiro atoms. The number of carboxylic acids is 1. The van der Waals surface area contributed by atoms with E-state index in [1.807, 2.05) is 4.90 Å². The highest BCUT2D eigenvalue weighted by atomic mass is 16.4. The SMILES string of the molecule is O=C(O)C1CCCCC1CNC(=O)N1CCCCCCC1. The third-order valence-corrected chi connectivity index (χ3v) is 4.89. The summed E-state index contributed by atoms with van der Waals surface area (Å²) in [4.78, 5) is 25.4. The lowest BCUT2D eigenvalue weighted by Crippen LogP contribution is -2.45. The lowest BCUT2D eigenvalue weighted by Gasteiger charge is -2.30. The van der Waals surface area contributed by atoms with Gasteiger partial charge < -0.3 is 15.3 Å². The average molecular weight is 296 g/mol. The number of rotatable bonds is 3. The van der Waals surface area contributed by atoms with Crippen LogP contribution in [0.1, 0.15) is 57.8 Å². The maximum Gasteiger partial charge on any atom is 0.317 e. The Balaban J connectivity index is 1.79. The summed E-state index contributed by atoms with van der Waals surface area (Å²) in [6, 6.07) is -0.00777. The van der Waals surface area contributed by atoms with E-state index in [1.54, 1.807) is 0 Å². The summed E-state index contributed by atoms with van der Waals surface area (Å²) in [5.74, 6) is -0.901. The first kappa shape index (κ1) is 16.1. The molecule has 2 unspecified atom stereocenters. The Morgan fingerprint density at radius 1 is 0.952 bits per heavy atom. The molecule has 1 aliphatic carbocycles. The van der Waals surface area contributed by atoms with Gasteiger partial charge in [-0.3, -0.25) is 4.79 Å². The molecule has 2 aliphatic rings. The second-order valence-electron chi connectivity index (χ2n) is 6.43. The van der Waals surface area contributed by atoms with Gasteiger partial charge in [0, 0.05) is 19.6 Å². The minimum absolute atomic E-state index is 0.00777. The van der Waals surface area contributed by atoms with E-state index >= 15 is 0 Å². The van der Waals surface area contributed by atoms with Crippen LogP contribution in [0, 0.1) is 11.8 Å². The normalized spacial score (nSPS) is 27.5. The van der Waals surface area contributed by atoms with E-state index in [4.69, 9.17) is 0 Å². The van der Waals surface area contributed by atoms with Gasteiger partial charge in [0.15, 0.2) is 0 Å². The fourth-order valence-corrected chi connectivity index (χ4v) is 3.56. The molecule has 2 fully saturated rings. The quantitative estimate of drug-likeness (QED) is 0.841. The highest BCUT2D eigenvalue weighted by Gasteiger charge is 2.31. The van der Waals surface area contributed by atoms with Crippen molar-refractivity contribution in [2.24, 2.45) is 11.8 Å². The molecule has 0 radical (unpaired) electrons. The Labute approximate surface area is 127 Å². The number of carbonyl (C=O) groups excluding carboxylic acids is 1. The van der Waals surface area contributed by atoms with Crippen molar-refractivity contribution in [3.8, 4) is 0 Å². The first-order valence-electron chi connectivity index (χ1n) is 8.44. The van der Waals surface area contributed by atoms with Crippen LogP contribution in [0.3, 0.4) is 0 Å². The van der Waals surface area contributed by atoms with Crippen LogP contribution in [0.2, 0.25) is 0 Å². The predicted octanol–water partition coefficient (Wildman–Crippen LogP) is 2.85. The number of likely N-dealkylation sites (tertiary alicyclic amines) is 1. The van der Waals surface area contributed by atoms with Crippen molar-refractivity contribution in [3.63, 3.8) is 0 Å². The van der Waals surface area contributed by atoms with Crippen LogP contribution in [-0.2, 0) is 4.79 Å². The lowest BCUT2D eigenvalue weighted by atomic mass is 9.79. The molecule has 1 heterocycles. The zero-order valence-electron chi connectivity index (χ0n) is 12.9. The van der Waals surface area contributed by atoms with Crippen LogP contribution in [0.25, 0.3) is 0 Å². The number of hydrogen-bond acceptors (Lipinski definition) is 2. The largest absolute Gasteiger partial charge is 0.481 e. The number of carbonyl (C=O) groups is 2. The van der Waals surface area contributed by atoms with Gasteiger partial charge in [0.05, 0.1) is 5.92 Å². The van der Waals surface area contributed by atoms with Crippen LogP contribution >= 0.6 is 0 Å². The van der Waals surface area contributed by atoms with Crippen LogP contribution in [0.4, 0.5) is 4.79 Å². The number of amides is 2. The number of urea groups is 1. The maximum atomic E-state index is 12.2. The molecule has 1 saturated heterocycles. The molecular weight excluding hydrogens is 268 g/mol. The van der Waals surface area contributed by atoms with E-state index in [1.165, 1.54) is 19.3 Å². The van der Waals surface area contributed by atoms with Gasteiger partial charge in [-0.15, -0.1) is 0 Å². The molecular formula is C16H28N2O3. The third kappa shape index (κ3) is 4.90. The van der Waals surface area contributed by atoms with Gasteiger partial charge in [0.2, 0.25) is 0 Å². The monoisotopic (exact) mass is 296 g/mol. The summed E-state index contributed by atoms with van der Waals surface area (Å²) in [5, 5.41) is 12.2. The lowest BCUT2D eigenvalue weighted by molar-refractivity contribution is -0.144. The molecule has 5 heteroatoms. The van der Waals surface area contributed by atoms with Crippen LogP contribution in [-0.4, -0.2) is 41.6 Å². The number of nitrogens with one attached hydrogen (secondary N) is 1. The van der Waals surface area contributed by atoms with E-state index in [0.717, 1.165) is 51.6 Å². The van der Waals surface area contributed by atoms with Gasteiger partial charge in [-0.1, -0.05) is 32.1 Å². The van der Waals surface area contributed by atoms with Gasteiger partial charge in [0.25, 0.3) is 0 Å². The Morgan fingerprint density at radius 3 is 2.24 bits per heavy atom. The molecule has 0 aromatic rings. The van der Waals surface area contributed by atoms with Crippen molar-refractivity contribution in [1.29, 1.82) is 0 Å². The maximum absolute atomic E-state index is 12.2. The molecule has 1 aliphatic heterocycles. The van der Waals surface area contributed by atoms with E-state index in [-0.39, 0.29) is 17.9 Å². The van der Waals surface area contributed by atoms with Gasteiger partial charge in [-0.25, -0.2) is 4.79 Å². The van der Waals surface area contributed by atoms with Crippen molar-refractivity contribution >= 4 is 12.0 Å². The summed E-state index contributed by atoms with van der Waals surface area (Å²) in [5.41, 5.74) is 0. The summed E-state index contributed by atoms with van der Waals surface area (Å²) < 4.78 is 0. The summed E-state index contributed by atoms with van der Waals surface area (Å²) in [6.45, 7) is 2.17. The van der Waals surface area contributed by atoms with Gasteiger partial charge >= 0.3 is 12.0 Å². The first-order valence-corrected chi connectivity index (χ1v) is 8.44. The first-order chi connectivity index (χ1) is 10.2. The molecule has 0 bridgehead atoms. The smallest absolute Gasteiger partial charge is 0.317 e. The van der Waals surface area contributed by atoms with E-state index in [0.29, 0.717) is 6.54 Å². The molecule has 5 nitrogen and oxygen atoms in total. The molecule has 0 aromatic carbocycles. The third-order valence-electron chi connectivity index (χ3n) is 4.89.